The van der Waals surface area contributed by atoms with E-state index in [-0.39, 0.29) is 23.6 Å². The second-order valence-corrected chi connectivity index (χ2v) is 7.44. The molecule has 3 nitrogen and oxygen atoms in total. The fourth-order valence-corrected chi connectivity index (χ4v) is 3.79. The Morgan fingerprint density at radius 1 is 1.15 bits per heavy atom. The first-order chi connectivity index (χ1) is 12.5. The average molecular weight is 396 g/mol. The molecule has 2 aromatic carbocycles. The van der Waals surface area contributed by atoms with Crippen LogP contribution in [0.4, 0.5) is 4.39 Å². The molecule has 0 spiro atoms. The van der Waals surface area contributed by atoms with Gasteiger partial charge in [0.1, 0.15) is 5.82 Å². The van der Waals surface area contributed by atoms with Crippen LogP contribution in [0.15, 0.2) is 42.5 Å². The Balaban J connectivity index is 1.70. The standard InChI is InChI=1S/C20H20Cl2FNO2/c21-16-5-4-14(18(22)12-16)10-19(25)24-13-20(6-8-26-9-7-20)15-2-1-3-17(23)11-15/h1-5,11-12H,6-10,13H2,(H,24,25). The lowest BCUT2D eigenvalue weighted by molar-refractivity contribution is -0.120. The van der Waals surface area contributed by atoms with E-state index in [1.165, 1.54) is 6.07 Å². The number of carbonyl (C=O) groups excluding carboxylic acids is 1. The number of halogens is 3. The summed E-state index contributed by atoms with van der Waals surface area (Å²) in [6.45, 7) is 1.62. The number of benzene rings is 2. The third-order valence-corrected chi connectivity index (χ3v) is 5.46. The molecule has 1 N–H and O–H groups in total. The third-order valence-electron chi connectivity index (χ3n) is 4.88. The van der Waals surface area contributed by atoms with Crippen molar-refractivity contribution in [3.05, 3.63) is 69.5 Å². The average Bonchev–Trinajstić information content (AvgIpc) is 2.63. The number of amides is 1. The monoisotopic (exact) mass is 395 g/mol. The van der Waals surface area contributed by atoms with E-state index in [0.717, 1.165) is 24.0 Å². The molecule has 2 aromatic rings. The maximum atomic E-state index is 13.7. The largest absolute Gasteiger partial charge is 0.381 e. The lowest BCUT2D eigenvalue weighted by atomic mass is 9.74. The number of ether oxygens (including phenoxy) is 1. The maximum absolute atomic E-state index is 13.7. The van der Waals surface area contributed by atoms with Crippen LogP contribution in [0.5, 0.6) is 0 Å². The van der Waals surface area contributed by atoms with E-state index in [9.17, 15) is 9.18 Å². The lowest BCUT2D eigenvalue weighted by Crippen LogP contribution is -2.45. The number of rotatable bonds is 5. The zero-order valence-corrected chi connectivity index (χ0v) is 15.7. The quantitative estimate of drug-likeness (QED) is 0.806. The molecule has 1 aliphatic rings. The number of nitrogens with one attached hydrogen (secondary N) is 1. The van der Waals surface area contributed by atoms with Crippen LogP contribution in [0.2, 0.25) is 10.0 Å². The summed E-state index contributed by atoms with van der Waals surface area (Å²) in [6, 6.07) is 11.7. The minimum Gasteiger partial charge on any atom is -0.381 e. The van der Waals surface area contributed by atoms with Gasteiger partial charge in [0.05, 0.1) is 6.42 Å². The first kappa shape index (κ1) is 19.2. The second kappa shape index (κ2) is 8.38. The summed E-state index contributed by atoms with van der Waals surface area (Å²) in [5.41, 5.74) is 1.30. The molecule has 1 saturated heterocycles. The fraction of sp³-hybridized carbons (Fsp3) is 0.350. The summed E-state index contributed by atoms with van der Waals surface area (Å²) in [5.74, 6) is -0.399. The van der Waals surface area contributed by atoms with Gasteiger partial charge in [-0.15, -0.1) is 0 Å². The van der Waals surface area contributed by atoms with E-state index < -0.39 is 0 Å². The summed E-state index contributed by atoms with van der Waals surface area (Å²) in [7, 11) is 0. The molecule has 0 aromatic heterocycles. The summed E-state index contributed by atoms with van der Waals surface area (Å²) in [4.78, 5) is 12.4. The van der Waals surface area contributed by atoms with Gasteiger partial charge in [0.15, 0.2) is 0 Å². The first-order valence-electron chi connectivity index (χ1n) is 8.53. The van der Waals surface area contributed by atoms with Crippen LogP contribution in [0.25, 0.3) is 0 Å². The third kappa shape index (κ3) is 4.56. The van der Waals surface area contributed by atoms with Crippen LogP contribution in [-0.4, -0.2) is 25.7 Å². The summed E-state index contributed by atoms with van der Waals surface area (Å²) >= 11 is 12.0. The normalized spacial score (nSPS) is 16.3. The highest BCUT2D eigenvalue weighted by molar-refractivity contribution is 6.35. The molecule has 26 heavy (non-hydrogen) atoms. The Labute approximate surface area is 162 Å². The van der Waals surface area contributed by atoms with Crippen molar-refractivity contribution in [3.63, 3.8) is 0 Å². The summed E-state index contributed by atoms with van der Waals surface area (Å²) in [6.07, 6.45) is 1.64. The molecular weight excluding hydrogens is 376 g/mol. The van der Waals surface area contributed by atoms with Crippen LogP contribution in [0.1, 0.15) is 24.0 Å². The van der Waals surface area contributed by atoms with Gasteiger partial charge in [-0.1, -0.05) is 41.4 Å². The van der Waals surface area contributed by atoms with Gasteiger partial charge in [-0.2, -0.15) is 0 Å². The Kier molecular flexibility index (Phi) is 6.17. The maximum Gasteiger partial charge on any atom is 0.224 e. The molecule has 3 rings (SSSR count). The van der Waals surface area contributed by atoms with Gasteiger partial charge >= 0.3 is 0 Å². The molecular formula is C20H20Cl2FNO2. The van der Waals surface area contributed by atoms with Gasteiger partial charge in [0, 0.05) is 35.2 Å². The van der Waals surface area contributed by atoms with E-state index in [4.69, 9.17) is 27.9 Å². The van der Waals surface area contributed by atoms with E-state index in [1.54, 1.807) is 30.3 Å². The summed E-state index contributed by atoms with van der Waals surface area (Å²) in [5, 5.41) is 4.00. The lowest BCUT2D eigenvalue weighted by Gasteiger charge is -2.38. The minimum atomic E-state index is -0.320. The minimum absolute atomic E-state index is 0.128. The molecule has 0 aliphatic carbocycles. The van der Waals surface area contributed by atoms with Crippen molar-refractivity contribution >= 4 is 29.1 Å². The van der Waals surface area contributed by atoms with Gasteiger partial charge in [0.2, 0.25) is 5.91 Å². The van der Waals surface area contributed by atoms with Gasteiger partial charge in [-0.05, 0) is 48.2 Å². The van der Waals surface area contributed by atoms with Crippen molar-refractivity contribution in [2.45, 2.75) is 24.7 Å². The summed E-state index contributed by atoms with van der Waals surface area (Å²) < 4.78 is 19.2. The Hall–Kier alpha value is -1.62. The number of hydrogen-bond donors (Lipinski definition) is 1. The molecule has 1 aliphatic heterocycles. The van der Waals surface area contributed by atoms with E-state index >= 15 is 0 Å². The molecule has 0 atom stereocenters. The predicted molar refractivity (Wildman–Crippen MR) is 101 cm³/mol. The zero-order valence-electron chi connectivity index (χ0n) is 14.2. The zero-order chi connectivity index (χ0) is 18.6. The number of hydrogen-bond acceptors (Lipinski definition) is 2. The smallest absolute Gasteiger partial charge is 0.224 e. The second-order valence-electron chi connectivity index (χ2n) is 6.59. The van der Waals surface area contributed by atoms with Gasteiger partial charge in [-0.3, -0.25) is 4.79 Å². The highest BCUT2D eigenvalue weighted by atomic mass is 35.5. The molecule has 0 unspecified atom stereocenters. The van der Waals surface area contributed by atoms with Crippen molar-refractivity contribution in [1.82, 2.24) is 5.32 Å². The Bertz CT molecular complexity index is 791. The van der Waals surface area contributed by atoms with Crippen LogP contribution in [-0.2, 0) is 21.4 Å². The van der Waals surface area contributed by atoms with Crippen LogP contribution < -0.4 is 5.32 Å². The molecule has 0 radical (unpaired) electrons. The Morgan fingerprint density at radius 2 is 1.92 bits per heavy atom. The molecule has 1 amide bonds. The van der Waals surface area contributed by atoms with E-state index in [1.807, 2.05) is 6.07 Å². The van der Waals surface area contributed by atoms with Crippen LogP contribution in [0, 0.1) is 5.82 Å². The molecule has 0 bridgehead atoms. The highest BCUT2D eigenvalue weighted by Gasteiger charge is 2.35. The fourth-order valence-electron chi connectivity index (χ4n) is 3.32. The Morgan fingerprint density at radius 3 is 2.62 bits per heavy atom. The van der Waals surface area contributed by atoms with Crippen molar-refractivity contribution in [2.75, 3.05) is 19.8 Å². The topological polar surface area (TPSA) is 38.3 Å². The van der Waals surface area contributed by atoms with Crippen molar-refractivity contribution < 1.29 is 13.9 Å². The van der Waals surface area contributed by atoms with Crippen molar-refractivity contribution in [1.29, 1.82) is 0 Å². The predicted octanol–water partition coefficient (Wildman–Crippen LogP) is 4.54. The SMILES string of the molecule is O=C(Cc1ccc(Cl)cc1Cl)NCC1(c2cccc(F)c2)CCOCC1. The number of carbonyl (C=O) groups is 1. The highest BCUT2D eigenvalue weighted by Crippen LogP contribution is 2.34. The van der Waals surface area contributed by atoms with E-state index in [2.05, 4.69) is 5.32 Å². The van der Waals surface area contributed by atoms with Gasteiger partial charge in [-0.25, -0.2) is 4.39 Å². The van der Waals surface area contributed by atoms with Crippen LogP contribution in [0.3, 0.4) is 0 Å². The molecule has 1 heterocycles. The molecule has 138 valence electrons. The van der Waals surface area contributed by atoms with Crippen LogP contribution >= 0.6 is 23.2 Å². The molecule has 6 heteroatoms. The van der Waals surface area contributed by atoms with Gasteiger partial charge < -0.3 is 10.1 Å². The molecule has 1 fully saturated rings. The van der Waals surface area contributed by atoms with E-state index in [0.29, 0.717) is 29.8 Å². The first-order valence-corrected chi connectivity index (χ1v) is 9.29. The van der Waals surface area contributed by atoms with Gasteiger partial charge in [0.25, 0.3) is 0 Å². The van der Waals surface area contributed by atoms with Crippen molar-refractivity contribution in [2.24, 2.45) is 0 Å². The van der Waals surface area contributed by atoms with Crippen molar-refractivity contribution in [3.8, 4) is 0 Å². The molecule has 0 saturated carbocycles.